The second kappa shape index (κ2) is 7.82. The molecule has 1 atom stereocenters. The largest absolute Gasteiger partial charge is 0.378 e. The van der Waals surface area contributed by atoms with Crippen LogP contribution in [0.1, 0.15) is 30.4 Å². The average Bonchev–Trinajstić information content (AvgIpc) is 2.56. The number of nitrogens with zero attached hydrogens (tertiary/aromatic N) is 2. The van der Waals surface area contributed by atoms with Gasteiger partial charge in [-0.05, 0) is 29.2 Å². The molecule has 2 aromatic rings. The highest BCUT2D eigenvalue weighted by Gasteiger charge is 2.15. The lowest BCUT2D eigenvalue weighted by Crippen LogP contribution is -2.27. The molecule has 0 fully saturated rings. The smallest absolute Gasteiger partial charge is 0.223 e. The third-order valence-electron chi connectivity index (χ3n) is 4.15. The van der Waals surface area contributed by atoms with Crippen molar-refractivity contribution < 1.29 is 4.79 Å². The van der Waals surface area contributed by atoms with Crippen molar-refractivity contribution in [2.24, 2.45) is 0 Å². The van der Waals surface area contributed by atoms with Crippen LogP contribution in [0.5, 0.6) is 0 Å². The van der Waals surface area contributed by atoms with Gasteiger partial charge < -0.3 is 9.80 Å². The van der Waals surface area contributed by atoms with Gasteiger partial charge in [-0.15, -0.1) is 0 Å². The summed E-state index contributed by atoms with van der Waals surface area (Å²) in [5.41, 5.74) is 3.53. The number of carbonyl (C=O) groups excluding carboxylic acids is 1. The zero-order valence-electron chi connectivity index (χ0n) is 14.5. The molecule has 0 spiro atoms. The summed E-state index contributed by atoms with van der Waals surface area (Å²) < 4.78 is 0. The molecule has 2 rings (SSSR count). The number of anilines is 1. The Morgan fingerprint density at radius 1 is 0.957 bits per heavy atom. The second-order valence-corrected chi connectivity index (χ2v) is 6.33. The van der Waals surface area contributed by atoms with Gasteiger partial charge in [0.1, 0.15) is 0 Å². The fourth-order valence-electron chi connectivity index (χ4n) is 2.58. The Labute approximate surface area is 139 Å². The maximum atomic E-state index is 12.4. The molecule has 122 valence electrons. The summed E-state index contributed by atoms with van der Waals surface area (Å²) in [6.07, 6.45) is 0.538. The van der Waals surface area contributed by atoms with E-state index in [-0.39, 0.29) is 11.8 Å². The Hall–Kier alpha value is -2.29. The van der Waals surface area contributed by atoms with Gasteiger partial charge in [0.2, 0.25) is 5.91 Å². The van der Waals surface area contributed by atoms with E-state index in [0.717, 1.165) is 5.56 Å². The summed E-state index contributed by atoms with van der Waals surface area (Å²) in [6.45, 7) is 2.75. The Morgan fingerprint density at radius 2 is 1.57 bits per heavy atom. The van der Waals surface area contributed by atoms with Crippen LogP contribution >= 0.6 is 0 Å². The second-order valence-electron chi connectivity index (χ2n) is 6.33. The van der Waals surface area contributed by atoms with Crippen molar-refractivity contribution in [3.8, 4) is 0 Å². The van der Waals surface area contributed by atoms with Gasteiger partial charge in [-0.2, -0.15) is 0 Å². The summed E-state index contributed by atoms with van der Waals surface area (Å²) in [5.74, 6) is 0.417. The van der Waals surface area contributed by atoms with Gasteiger partial charge in [0.05, 0.1) is 0 Å². The molecule has 0 saturated carbocycles. The van der Waals surface area contributed by atoms with Crippen LogP contribution in [-0.2, 0) is 11.3 Å². The number of amides is 1. The predicted octanol–water partition coefficient (Wildman–Crippen LogP) is 3.90. The minimum Gasteiger partial charge on any atom is -0.378 e. The summed E-state index contributed by atoms with van der Waals surface area (Å²) >= 11 is 0. The van der Waals surface area contributed by atoms with Crippen LogP contribution in [0, 0.1) is 0 Å². The highest BCUT2D eigenvalue weighted by atomic mass is 16.2. The van der Waals surface area contributed by atoms with E-state index in [1.54, 1.807) is 0 Å². The van der Waals surface area contributed by atoms with E-state index in [9.17, 15) is 4.79 Å². The molecule has 3 heteroatoms. The normalized spacial score (nSPS) is 11.8. The number of benzene rings is 2. The summed E-state index contributed by atoms with van der Waals surface area (Å²) in [4.78, 5) is 16.3. The van der Waals surface area contributed by atoms with Crippen LogP contribution in [0.3, 0.4) is 0 Å². The van der Waals surface area contributed by atoms with Gasteiger partial charge in [0.25, 0.3) is 0 Å². The summed E-state index contributed by atoms with van der Waals surface area (Å²) in [6, 6.07) is 18.5. The van der Waals surface area contributed by atoms with E-state index in [1.807, 2.05) is 44.2 Å². The van der Waals surface area contributed by atoms with Crippen molar-refractivity contribution in [1.29, 1.82) is 0 Å². The fraction of sp³-hybridized carbons (Fsp3) is 0.350. The van der Waals surface area contributed by atoms with Gasteiger partial charge >= 0.3 is 0 Å². The molecule has 0 aliphatic rings. The topological polar surface area (TPSA) is 23.6 Å². The van der Waals surface area contributed by atoms with E-state index < -0.39 is 0 Å². The van der Waals surface area contributed by atoms with Crippen LogP contribution in [-0.4, -0.2) is 32.0 Å². The fourth-order valence-corrected chi connectivity index (χ4v) is 2.58. The molecule has 0 heterocycles. The molecule has 0 N–H and O–H groups in total. The van der Waals surface area contributed by atoms with Gasteiger partial charge in [0.15, 0.2) is 0 Å². The van der Waals surface area contributed by atoms with Crippen molar-refractivity contribution in [3.63, 3.8) is 0 Å². The molecular weight excluding hydrogens is 284 g/mol. The van der Waals surface area contributed by atoms with Gasteiger partial charge in [-0.1, -0.05) is 49.4 Å². The highest BCUT2D eigenvalue weighted by molar-refractivity contribution is 5.76. The first-order valence-electron chi connectivity index (χ1n) is 8.02. The van der Waals surface area contributed by atoms with E-state index in [4.69, 9.17) is 0 Å². The number of hydrogen-bond acceptors (Lipinski definition) is 2. The molecule has 1 amide bonds. The standard InChI is InChI=1S/C20H26N2O/c1-16(18-8-6-5-7-9-18)14-20(23)22(4)15-17-10-12-19(13-11-17)21(2)3/h5-13,16H,14-15H2,1-4H3. The average molecular weight is 310 g/mol. The lowest BCUT2D eigenvalue weighted by atomic mass is 9.97. The predicted molar refractivity (Wildman–Crippen MR) is 96.7 cm³/mol. The summed E-state index contributed by atoms with van der Waals surface area (Å²) in [7, 11) is 5.92. The lowest BCUT2D eigenvalue weighted by molar-refractivity contribution is -0.130. The molecule has 1 unspecified atom stereocenters. The van der Waals surface area contributed by atoms with Crippen LogP contribution < -0.4 is 4.90 Å². The van der Waals surface area contributed by atoms with E-state index in [1.165, 1.54) is 11.3 Å². The SMILES string of the molecule is CC(CC(=O)N(C)Cc1ccc(N(C)C)cc1)c1ccccc1. The first kappa shape index (κ1) is 17.1. The quantitative estimate of drug-likeness (QED) is 0.808. The van der Waals surface area contributed by atoms with Crippen molar-refractivity contribution in [1.82, 2.24) is 4.90 Å². The minimum atomic E-state index is 0.179. The Morgan fingerprint density at radius 3 is 2.13 bits per heavy atom. The Balaban J connectivity index is 1.92. The molecule has 0 radical (unpaired) electrons. The van der Waals surface area contributed by atoms with Crippen LogP contribution in [0.4, 0.5) is 5.69 Å². The van der Waals surface area contributed by atoms with Crippen LogP contribution in [0.2, 0.25) is 0 Å². The maximum absolute atomic E-state index is 12.4. The molecule has 0 aliphatic carbocycles. The zero-order chi connectivity index (χ0) is 16.8. The van der Waals surface area contributed by atoms with Gasteiger partial charge in [-0.25, -0.2) is 0 Å². The van der Waals surface area contributed by atoms with Crippen molar-refractivity contribution >= 4 is 11.6 Å². The maximum Gasteiger partial charge on any atom is 0.223 e. The van der Waals surface area contributed by atoms with E-state index in [0.29, 0.717) is 13.0 Å². The highest BCUT2D eigenvalue weighted by Crippen LogP contribution is 2.20. The van der Waals surface area contributed by atoms with Crippen LogP contribution in [0.15, 0.2) is 54.6 Å². The van der Waals surface area contributed by atoms with Crippen LogP contribution in [0.25, 0.3) is 0 Å². The first-order valence-corrected chi connectivity index (χ1v) is 8.02. The van der Waals surface area contributed by atoms with Gasteiger partial charge in [0, 0.05) is 39.8 Å². The molecule has 23 heavy (non-hydrogen) atoms. The van der Waals surface area contributed by atoms with E-state index in [2.05, 4.69) is 48.2 Å². The van der Waals surface area contributed by atoms with Crippen molar-refractivity contribution in [2.45, 2.75) is 25.8 Å². The third kappa shape index (κ3) is 4.85. The first-order chi connectivity index (χ1) is 11.0. The van der Waals surface area contributed by atoms with E-state index >= 15 is 0 Å². The van der Waals surface area contributed by atoms with Gasteiger partial charge in [-0.3, -0.25) is 4.79 Å². The van der Waals surface area contributed by atoms with Crippen molar-refractivity contribution in [3.05, 3.63) is 65.7 Å². The minimum absolute atomic E-state index is 0.179. The number of carbonyl (C=O) groups is 1. The Kier molecular flexibility index (Phi) is 5.80. The number of rotatable bonds is 6. The monoisotopic (exact) mass is 310 g/mol. The summed E-state index contributed by atoms with van der Waals surface area (Å²) in [5, 5.41) is 0. The lowest BCUT2D eigenvalue weighted by Gasteiger charge is -2.20. The Bertz CT molecular complexity index is 620. The molecule has 0 saturated heterocycles. The van der Waals surface area contributed by atoms with Crippen molar-refractivity contribution in [2.75, 3.05) is 26.0 Å². The molecule has 2 aromatic carbocycles. The molecular formula is C20H26N2O. The third-order valence-corrected chi connectivity index (χ3v) is 4.15. The molecule has 0 aliphatic heterocycles. The molecule has 0 aromatic heterocycles. The molecule has 0 bridgehead atoms. The number of hydrogen-bond donors (Lipinski definition) is 0. The zero-order valence-corrected chi connectivity index (χ0v) is 14.5. The molecule has 3 nitrogen and oxygen atoms in total.